The Morgan fingerprint density at radius 1 is 0.968 bits per heavy atom. The van der Waals surface area contributed by atoms with Gasteiger partial charge in [-0.15, -0.1) is 0 Å². The summed E-state index contributed by atoms with van der Waals surface area (Å²) in [6, 6.07) is 17.9. The van der Waals surface area contributed by atoms with Gasteiger partial charge in [-0.05, 0) is 69.9 Å². The van der Waals surface area contributed by atoms with Crippen molar-refractivity contribution in [2.45, 2.75) is 24.2 Å². The molecule has 3 aromatic rings. The average molecular weight is 503 g/mol. The molecule has 6 nitrogen and oxygen atoms in total. The number of halogens is 1. The number of benzene rings is 3. The number of hydrogen-bond donors (Lipinski definition) is 1. The van der Waals surface area contributed by atoms with Crippen LogP contribution in [0, 0.1) is 0 Å². The van der Waals surface area contributed by atoms with Gasteiger partial charge in [0, 0.05) is 18.8 Å². The molecule has 31 heavy (non-hydrogen) atoms. The second-order valence-corrected chi connectivity index (χ2v) is 10.2. The maximum Gasteiger partial charge on any atom is 0.262 e. The lowest BCUT2D eigenvalue weighted by Crippen LogP contribution is -2.35. The Labute approximate surface area is 190 Å². The molecule has 1 aliphatic rings. The molecule has 0 aliphatic carbocycles. The van der Waals surface area contributed by atoms with Gasteiger partial charge < -0.3 is 10.1 Å². The van der Waals surface area contributed by atoms with Gasteiger partial charge in [-0.2, -0.15) is 4.31 Å². The highest BCUT2D eigenvalue weighted by Crippen LogP contribution is 2.33. The van der Waals surface area contributed by atoms with Crippen molar-refractivity contribution in [2.24, 2.45) is 0 Å². The summed E-state index contributed by atoms with van der Waals surface area (Å²) in [6.07, 6.45) is 2.84. The third kappa shape index (κ3) is 4.92. The van der Waals surface area contributed by atoms with Crippen LogP contribution in [0.25, 0.3) is 10.8 Å². The van der Waals surface area contributed by atoms with Gasteiger partial charge >= 0.3 is 0 Å². The van der Waals surface area contributed by atoms with Gasteiger partial charge in [0.05, 0.1) is 9.37 Å². The Kier molecular flexibility index (Phi) is 6.60. The van der Waals surface area contributed by atoms with Gasteiger partial charge in [-0.3, -0.25) is 4.79 Å². The van der Waals surface area contributed by atoms with E-state index in [2.05, 4.69) is 21.2 Å². The highest BCUT2D eigenvalue weighted by Gasteiger charge is 2.25. The summed E-state index contributed by atoms with van der Waals surface area (Å²) in [6.45, 7) is 0.954. The Hall–Kier alpha value is -2.42. The van der Waals surface area contributed by atoms with E-state index in [1.165, 1.54) is 16.4 Å². The summed E-state index contributed by atoms with van der Waals surface area (Å²) in [5.41, 5.74) is 0.517. The van der Waals surface area contributed by atoms with Crippen LogP contribution in [-0.4, -0.2) is 38.3 Å². The number of rotatable bonds is 6. The molecule has 4 rings (SSSR count). The van der Waals surface area contributed by atoms with E-state index in [9.17, 15) is 13.2 Å². The SMILES string of the molecule is O=C(COc1ccc2ccccc2c1Br)Nc1ccc(S(=O)(=O)N2CCCCC2)cc1. The van der Waals surface area contributed by atoms with Gasteiger partial charge in [-0.1, -0.05) is 36.8 Å². The van der Waals surface area contributed by atoms with Crippen molar-refractivity contribution in [1.29, 1.82) is 0 Å². The van der Waals surface area contributed by atoms with E-state index in [0.717, 1.165) is 34.5 Å². The van der Waals surface area contributed by atoms with E-state index in [1.807, 2.05) is 36.4 Å². The molecule has 0 saturated carbocycles. The fourth-order valence-corrected chi connectivity index (χ4v) is 5.75. The number of hydrogen-bond acceptors (Lipinski definition) is 4. The topological polar surface area (TPSA) is 75.7 Å². The van der Waals surface area contributed by atoms with Crippen LogP contribution in [0.1, 0.15) is 19.3 Å². The summed E-state index contributed by atoms with van der Waals surface area (Å²) >= 11 is 3.54. The van der Waals surface area contributed by atoms with E-state index in [0.29, 0.717) is 24.5 Å². The minimum Gasteiger partial charge on any atom is -0.483 e. The monoisotopic (exact) mass is 502 g/mol. The van der Waals surface area contributed by atoms with Crippen LogP contribution in [0.4, 0.5) is 5.69 Å². The molecule has 1 aliphatic heterocycles. The summed E-state index contributed by atoms with van der Waals surface area (Å²) in [5.74, 6) is 0.253. The fraction of sp³-hybridized carbons (Fsp3) is 0.261. The zero-order valence-electron chi connectivity index (χ0n) is 16.9. The zero-order valence-corrected chi connectivity index (χ0v) is 19.3. The number of nitrogens with one attached hydrogen (secondary N) is 1. The van der Waals surface area contributed by atoms with Crippen LogP contribution >= 0.6 is 15.9 Å². The van der Waals surface area contributed by atoms with Crippen LogP contribution < -0.4 is 10.1 Å². The van der Waals surface area contributed by atoms with Gasteiger partial charge in [0.2, 0.25) is 10.0 Å². The number of nitrogens with zero attached hydrogens (tertiary/aromatic N) is 1. The molecule has 0 atom stereocenters. The lowest BCUT2D eigenvalue weighted by Gasteiger charge is -2.25. The van der Waals surface area contributed by atoms with Crippen LogP contribution in [0.15, 0.2) is 70.0 Å². The number of amides is 1. The molecular weight excluding hydrogens is 480 g/mol. The molecule has 8 heteroatoms. The van der Waals surface area contributed by atoms with Crippen LogP contribution in [-0.2, 0) is 14.8 Å². The number of ether oxygens (including phenoxy) is 1. The summed E-state index contributed by atoms with van der Waals surface area (Å²) in [5, 5.41) is 4.82. The average Bonchev–Trinajstić information content (AvgIpc) is 2.80. The molecular formula is C23H23BrN2O4S. The van der Waals surface area contributed by atoms with Crippen LogP contribution in [0.3, 0.4) is 0 Å². The summed E-state index contributed by atoms with van der Waals surface area (Å²) < 4.78 is 33.4. The van der Waals surface area contributed by atoms with Crippen molar-refractivity contribution in [3.63, 3.8) is 0 Å². The van der Waals surface area contributed by atoms with Crippen LogP contribution in [0.2, 0.25) is 0 Å². The van der Waals surface area contributed by atoms with Crippen molar-refractivity contribution in [1.82, 2.24) is 4.31 Å². The molecule has 0 unspecified atom stereocenters. The molecule has 1 fully saturated rings. The van der Waals surface area contributed by atoms with Crippen molar-refractivity contribution in [2.75, 3.05) is 25.0 Å². The Bertz CT molecular complexity index is 1190. The Morgan fingerprint density at radius 2 is 1.68 bits per heavy atom. The fourth-order valence-electron chi connectivity index (χ4n) is 3.63. The van der Waals surface area contributed by atoms with Crippen molar-refractivity contribution in [3.8, 4) is 5.75 Å². The third-order valence-electron chi connectivity index (χ3n) is 5.28. The first-order chi connectivity index (χ1) is 14.9. The zero-order chi connectivity index (χ0) is 21.8. The van der Waals surface area contributed by atoms with Gasteiger partial charge in [0.15, 0.2) is 6.61 Å². The minimum absolute atomic E-state index is 0.162. The molecule has 1 N–H and O–H groups in total. The van der Waals surface area contributed by atoms with E-state index in [-0.39, 0.29) is 17.4 Å². The first-order valence-corrected chi connectivity index (χ1v) is 12.4. The van der Waals surface area contributed by atoms with Crippen LogP contribution in [0.5, 0.6) is 5.75 Å². The van der Waals surface area contributed by atoms with E-state index in [1.54, 1.807) is 12.1 Å². The predicted molar refractivity (Wildman–Crippen MR) is 125 cm³/mol. The minimum atomic E-state index is -3.49. The molecule has 1 amide bonds. The Morgan fingerprint density at radius 3 is 2.42 bits per heavy atom. The number of piperidine rings is 1. The first kappa shape index (κ1) is 21.8. The lowest BCUT2D eigenvalue weighted by atomic mass is 10.1. The second kappa shape index (κ2) is 9.38. The molecule has 162 valence electrons. The summed E-state index contributed by atoms with van der Waals surface area (Å²) in [4.78, 5) is 12.6. The predicted octanol–water partition coefficient (Wildman–Crippen LogP) is 4.79. The number of fused-ring (bicyclic) bond motifs is 1. The number of carbonyl (C=O) groups excluding carboxylic acids is 1. The second-order valence-electron chi connectivity index (χ2n) is 7.42. The Balaban J connectivity index is 1.37. The molecule has 1 heterocycles. The summed E-state index contributed by atoms with van der Waals surface area (Å²) in [7, 11) is -3.49. The highest BCUT2D eigenvalue weighted by molar-refractivity contribution is 9.10. The van der Waals surface area contributed by atoms with Gasteiger partial charge in [0.25, 0.3) is 5.91 Å². The number of anilines is 1. The molecule has 0 spiro atoms. The quantitative estimate of drug-likeness (QED) is 0.525. The number of sulfonamides is 1. The maximum absolute atomic E-state index is 12.7. The molecule has 1 saturated heterocycles. The van der Waals surface area contributed by atoms with E-state index < -0.39 is 10.0 Å². The van der Waals surface area contributed by atoms with Crippen molar-refractivity contribution < 1.29 is 17.9 Å². The standard InChI is InChI=1S/C23H23BrN2O4S/c24-23-20-7-3-2-6-17(20)8-13-21(23)30-16-22(27)25-18-9-11-19(12-10-18)31(28,29)26-14-4-1-5-15-26/h2-3,6-13H,1,4-5,14-16H2,(H,25,27). The highest BCUT2D eigenvalue weighted by atomic mass is 79.9. The third-order valence-corrected chi connectivity index (χ3v) is 8.01. The van der Waals surface area contributed by atoms with Gasteiger partial charge in [-0.25, -0.2) is 8.42 Å². The number of carbonyl (C=O) groups is 1. The normalized spacial score (nSPS) is 15.0. The molecule has 0 aromatic heterocycles. The van der Waals surface area contributed by atoms with Crippen molar-refractivity contribution in [3.05, 3.63) is 65.1 Å². The smallest absolute Gasteiger partial charge is 0.262 e. The van der Waals surface area contributed by atoms with Gasteiger partial charge in [0.1, 0.15) is 5.75 Å². The van der Waals surface area contributed by atoms with Crippen molar-refractivity contribution >= 4 is 48.3 Å². The lowest BCUT2D eigenvalue weighted by molar-refractivity contribution is -0.118. The molecule has 3 aromatic carbocycles. The first-order valence-electron chi connectivity index (χ1n) is 10.2. The molecule has 0 bridgehead atoms. The van der Waals surface area contributed by atoms with E-state index in [4.69, 9.17) is 4.74 Å². The largest absolute Gasteiger partial charge is 0.483 e. The maximum atomic E-state index is 12.7. The molecule has 0 radical (unpaired) electrons. The van der Waals surface area contributed by atoms with E-state index >= 15 is 0 Å².